The maximum atomic E-state index is 12.8. The number of rotatable bonds is 9. The summed E-state index contributed by atoms with van der Waals surface area (Å²) in [6.45, 7) is 7.56. The molecule has 1 atom stereocenters. The van der Waals surface area contributed by atoms with Crippen LogP contribution in [0.5, 0.6) is 0 Å². The van der Waals surface area contributed by atoms with Gasteiger partial charge in [-0.25, -0.2) is 19.7 Å². The van der Waals surface area contributed by atoms with Gasteiger partial charge in [0, 0.05) is 37.5 Å². The molecule has 0 radical (unpaired) electrons. The van der Waals surface area contributed by atoms with Gasteiger partial charge in [-0.05, 0) is 37.8 Å². The Morgan fingerprint density at radius 2 is 2.06 bits per heavy atom. The van der Waals surface area contributed by atoms with Crippen LogP contribution in [-0.2, 0) is 16.2 Å². The first-order valence-electron chi connectivity index (χ1n) is 11.5. The second-order valence-electron chi connectivity index (χ2n) is 9.77. The Morgan fingerprint density at radius 1 is 1.26 bits per heavy atom. The number of hydrogen-bond donors (Lipinski definition) is 1. The van der Waals surface area contributed by atoms with E-state index in [9.17, 15) is 4.79 Å². The molecule has 2 aromatic heterocycles. The topological polar surface area (TPSA) is 84.8 Å². The third kappa shape index (κ3) is 6.42. The van der Waals surface area contributed by atoms with Crippen molar-refractivity contribution < 1.29 is 9.47 Å². The number of nitrogens with zero attached hydrogens (tertiary/aromatic N) is 5. The average molecular weight is 511 g/mol. The molecule has 0 amide bonds. The molecule has 2 fully saturated rings. The lowest BCUT2D eigenvalue weighted by molar-refractivity contribution is -0.0691. The van der Waals surface area contributed by atoms with Gasteiger partial charge in [-0.1, -0.05) is 11.6 Å². The average Bonchev–Trinajstić information content (AvgIpc) is 2.73. The summed E-state index contributed by atoms with van der Waals surface area (Å²) in [4.78, 5) is 22.3. The first-order chi connectivity index (χ1) is 16.2. The van der Waals surface area contributed by atoms with Crippen molar-refractivity contribution in [1.82, 2.24) is 19.7 Å². The van der Waals surface area contributed by atoms with E-state index >= 15 is 0 Å². The smallest absolute Gasteiger partial charge is 0.292 e. The standard InChI is InChI=1S/C23H35ClN6O3S/c1-17-13-28(19-14-33-15-19)7-8-29(17)18-5-6-22(25-12-18)26-20-11-21(24)27-30(23(20)31)16-32-9-10-34(2,3)4/h5-6,11-12,17,19H,7-10,13-16H2,1-4H3,(H,25,26)/t17-/m0/s1. The van der Waals surface area contributed by atoms with Crippen LogP contribution in [0.15, 0.2) is 29.2 Å². The minimum Gasteiger partial charge on any atom is -0.378 e. The van der Waals surface area contributed by atoms with E-state index in [4.69, 9.17) is 21.1 Å². The number of halogens is 1. The number of aromatic nitrogens is 3. The molecule has 0 bridgehead atoms. The summed E-state index contributed by atoms with van der Waals surface area (Å²) in [6, 6.07) is 6.39. The van der Waals surface area contributed by atoms with E-state index in [1.54, 1.807) is 0 Å². The van der Waals surface area contributed by atoms with Crippen LogP contribution in [0.1, 0.15) is 6.92 Å². The molecule has 11 heteroatoms. The quantitative estimate of drug-likeness (QED) is 0.515. The maximum Gasteiger partial charge on any atom is 0.292 e. The van der Waals surface area contributed by atoms with Crippen LogP contribution in [0.25, 0.3) is 0 Å². The van der Waals surface area contributed by atoms with Gasteiger partial charge >= 0.3 is 0 Å². The van der Waals surface area contributed by atoms with Gasteiger partial charge in [0.05, 0.1) is 37.7 Å². The van der Waals surface area contributed by atoms with E-state index in [-0.39, 0.29) is 17.4 Å². The van der Waals surface area contributed by atoms with Crippen LogP contribution < -0.4 is 15.8 Å². The normalized spacial score (nSPS) is 20.3. The minimum absolute atomic E-state index is 0.0623. The van der Waals surface area contributed by atoms with E-state index in [1.165, 1.54) is 10.7 Å². The first kappa shape index (κ1) is 25.2. The van der Waals surface area contributed by atoms with Gasteiger partial charge in [0.1, 0.15) is 18.2 Å². The lowest BCUT2D eigenvalue weighted by atomic mass is 10.1. The van der Waals surface area contributed by atoms with Gasteiger partial charge in [0.2, 0.25) is 0 Å². The van der Waals surface area contributed by atoms with E-state index in [0.29, 0.717) is 30.2 Å². The molecule has 0 aromatic carbocycles. The summed E-state index contributed by atoms with van der Waals surface area (Å²) in [5.41, 5.74) is 1.08. The minimum atomic E-state index is -0.657. The molecule has 0 spiro atoms. The lowest BCUT2D eigenvalue weighted by Gasteiger charge is -2.46. The molecule has 4 heterocycles. The van der Waals surface area contributed by atoms with Crippen LogP contribution in [0.2, 0.25) is 5.15 Å². The fraction of sp³-hybridized carbons (Fsp3) is 0.609. The molecule has 0 aliphatic carbocycles. The zero-order valence-corrected chi connectivity index (χ0v) is 21.9. The predicted octanol–water partition coefficient (Wildman–Crippen LogP) is 2.61. The predicted molar refractivity (Wildman–Crippen MR) is 140 cm³/mol. The Bertz CT molecular complexity index is 1020. The van der Waals surface area contributed by atoms with Crippen LogP contribution in [0.3, 0.4) is 0 Å². The lowest BCUT2D eigenvalue weighted by Crippen LogP contribution is -2.59. The largest absolute Gasteiger partial charge is 0.378 e. The van der Waals surface area contributed by atoms with Crippen LogP contribution in [0, 0.1) is 0 Å². The molecular weight excluding hydrogens is 476 g/mol. The van der Waals surface area contributed by atoms with Gasteiger partial charge < -0.3 is 19.7 Å². The number of hydrogen-bond acceptors (Lipinski definition) is 8. The van der Waals surface area contributed by atoms with Crippen molar-refractivity contribution in [2.75, 3.05) is 74.2 Å². The van der Waals surface area contributed by atoms with Crippen molar-refractivity contribution >= 4 is 38.8 Å². The van der Waals surface area contributed by atoms with Crippen LogP contribution in [-0.4, -0.2) is 95.7 Å². The van der Waals surface area contributed by atoms with Crippen molar-refractivity contribution in [3.05, 3.63) is 39.9 Å². The molecule has 0 unspecified atom stereocenters. The van der Waals surface area contributed by atoms with Gasteiger partial charge in [0.15, 0.2) is 5.15 Å². The van der Waals surface area contributed by atoms with Crippen molar-refractivity contribution in [3.8, 4) is 0 Å². The van der Waals surface area contributed by atoms with E-state index in [0.717, 1.165) is 44.3 Å². The number of nitrogens with one attached hydrogen (secondary N) is 1. The second-order valence-corrected chi connectivity index (χ2v) is 14.7. The summed E-state index contributed by atoms with van der Waals surface area (Å²) in [5, 5.41) is 7.39. The zero-order valence-electron chi connectivity index (χ0n) is 20.4. The Kier molecular flexibility index (Phi) is 8.04. The molecule has 2 aromatic rings. The van der Waals surface area contributed by atoms with Crippen molar-refractivity contribution in [1.29, 1.82) is 0 Å². The van der Waals surface area contributed by atoms with Gasteiger partial charge in [-0.15, -0.1) is 0 Å². The number of piperazine rings is 1. The first-order valence-corrected chi connectivity index (χ1v) is 14.9. The van der Waals surface area contributed by atoms with Crippen molar-refractivity contribution in [2.24, 2.45) is 0 Å². The Labute approximate surface area is 207 Å². The number of pyridine rings is 1. The number of anilines is 3. The van der Waals surface area contributed by atoms with E-state index < -0.39 is 10.0 Å². The monoisotopic (exact) mass is 510 g/mol. The third-order valence-electron chi connectivity index (χ3n) is 6.14. The van der Waals surface area contributed by atoms with Crippen molar-refractivity contribution in [3.63, 3.8) is 0 Å². The molecular formula is C23H35ClN6O3S. The van der Waals surface area contributed by atoms with Gasteiger partial charge in [-0.3, -0.25) is 9.69 Å². The van der Waals surface area contributed by atoms with E-state index in [2.05, 4.69) is 50.9 Å². The molecule has 2 saturated heterocycles. The molecule has 0 saturated carbocycles. The Morgan fingerprint density at radius 3 is 2.68 bits per heavy atom. The summed E-state index contributed by atoms with van der Waals surface area (Å²) < 4.78 is 12.2. The fourth-order valence-corrected chi connectivity index (χ4v) is 4.87. The van der Waals surface area contributed by atoms with Crippen LogP contribution in [0.4, 0.5) is 17.2 Å². The molecule has 34 heavy (non-hydrogen) atoms. The van der Waals surface area contributed by atoms with Crippen LogP contribution >= 0.6 is 21.6 Å². The molecule has 9 nitrogen and oxygen atoms in total. The highest BCUT2D eigenvalue weighted by atomic mass is 35.5. The summed E-state index contributed by atoms with van der Waals surface area (Å²) in [5.74, 6) is 1.54. The highest BCUT2D eigenvalue weighted by Gasteiger charge is 2.32. The SMILES string of the molecule is C[C@H]1CN(C2COC2)CCN1c1ccc(Nc2cc(Cl)nn(COCCS(C)(C)C)c2=O)nc1. The number of ether oxygens (including phenoxy) is 2. The van der Waals surface area contributed by atoms with E-state index in [1.807, 2.05) is 18.3 Å². The molecule has 1 N–H and O–H groups in total. The van der Waals surface area contributed by atoms with Crippen molar-refractivity contribution in [2.45, 2.75) is 25.7 Å². The summed E-state index contributed by atoms with van der Waals surface area (Å²) in [6.07, 6.45) is 8.53. The summed E-state index contributed by atoms with van der Waals surface area (Å²) in [7, 11) is -0.657. The molecule has 2 aliphatic heterocycles. The molecule has 188 valence electrons. The molecule has 2 aliphatic rings. The fourth-order valence-electron chi connectivity index (χ4n) is 4.05. The Balaban J connectivity index is 1.37. The summed E-state index contributed by atoms with van der Waals surface area (Å²) >= 11 is 6.16. The maximum absolute atomic E-state index is 12.8. The highest BCUT2D eigenvalue weighted by Crippen LogP contribution is 2.33. The van der Waals surface area contributed by atoms with Gasteiger partial charge in [0.25, 0.3) is 5.56 Å². The second kappa shape index (κ2) is 10.8. The Hall–Kier alpha value is -1.85. The highest BCUT2D eigenvalue weighted by molar-refractivity contribution is 8.32. The zero-order chi connectivity index (χ0) is 24.3. The van der Waals surface area contributed by atoms with Gasteiger partial charge in [-0.2, -0.15) is 5.10 Å². The third-order valence-corrected chi connectivity index (χ3v) is 7.71. The molecule has 4 rings (SSSR count).